The molecule has 0 aliphatic carbocycles. The number of amides is 1. The van der Waals surface area contributed by atoms with Gasteiger partial charge < -0.3 is 9.30 Å². The molecule has 0 atom stereocenters. The third-order valence-corrected chi connectivity index (χ3v) is 6.84. The van der Waals surface area contributed by atoms with E-state index in [-0.39, 0.29) is 11.4 Å². The summed E-state index contributed by atoms with van der Waals surface area (Å²) in [5, 5.41) is 17.0. The maximum atomic E-state index is 12.8. The number of aliphatic imine (C=N–C) groups is 1. The maximum absolute atomic E-state index is 12.8. The van der Waals surface area contributed by atoms with Crippen LogP contribution in [0.3, 0.4) is 0 Å². The van der Waals surface area contributed by atoms with Crippen molar-refractivity contribution in [3.05, 3.63) is 70.9 Å². The molecule has 178 valence electrons. The van der Waals surface area contributed by atoms with E-state index in [0.29, 0.717) is 18.3 Å². The third-order valence-electron chi connectivity index (χ3n) is 5.88. The molecule has 1 aromatic heterocycles. The molecule has 3 heterocycles. The summed E-state index contributed by atoms with van der Waals surface area (Å²) >= 11 is 1.37. The predicted molar refractivity (Wildman–Crippen MR) is 143 cm³/mol. The largest absolute Gasteiger partial charge is 0.492 e. The van der Waals surface area contributed by atoms with Crippen LogP contribution in [0.4, 0.5) is 0 Å². The molecule has 5 rings (SSSR count). The summed E-state index contributed by atoms with van der Waals surface area (Å²) in [6, 6.07) is 14.3. The molecule has 2 aliphatic rings. The van der Waals surface area contributed by atoms with Crippen LogP contribution in [0, 0.1) is 19.3 Å². The Kier molecular flexibility index (Phi) is 6.30. The molecular weight excluding hydrogens is 458 g/mol. The number of hydrazone groups is 1. The number of amidine groups is 2. The molecule has 0 saturated carbocycles. The second kappa shape index (κ2) is 9.54. The van der Waals surface area contributed by atoms with Crippen LogP contribution in [0.5, 0.6) is 5.75 Å². The molecule has 35 heavy (non-hydrogen) atoms. The normalized spacial score (nSPS) is 16.7. The first-order chi connectivity index (χ1) is 16.9. The van der Waals surface area contributed by atoms with Crippen LogP contribution in [-0.4, -0.2) is 38.1 Å². The number of hydrogen-bond acceptors (Lipinski definition) is 5. The first kappa shape index (κ1) is 23.1. The van der Waals surface area contributed by atoms with Gasteiger partial charge in [0.2, 0.25) is 5.17 Å². The number of carbonyl (C=O) groups excluding carboxylic acids is 1. The Labute approximate surface area is 208 Å². The minimum absolute atomic E-state index is 0.0635. The Morgan fingerprint density at radius 3 is 2.69 bits per heavy atom. The summed E-state index contributed by atoms with van der Waals surface area (Å²) in [5.74, 6) is 0.521. The highest BCUT2D eigenvalue weighted by molar-refractivity contribution is 8.26. The van der Waals surface area contributed by atoms with Gasteiger partial charge in [-0.25, -0.2) is 0 Å². The number of aryl methyl sites for hydroxylation is 2. The van der Waals surface area contributed by atoms with Gasteiger partial charge in [0.15, 0.2) is 5.84 Å². The van der Waals surface area contributed by atoms with Gasteiger partial charge in [0.1, 0.15) is 17.4 Å². The molecule has 7 nitrogen and oxygen atoms in total. The van der Waals surface area contributed by atoms with Gasteiger partial charge in [-0.15, -0.1) is 0 Å². The lowest BCUT2D eigenvalue weighted by molar-refractivity contribution is -0.114. The Balaban J connectivity index is 1.41. The quantitative estimate of drug-likeness (QED) is 0.432. The van der Waals surface area contributed by atoms with Crippen molar-refractivity contribution in [2.45, 2.75) is 40.2 Å². The van der Waals surface area contributed by atoms with E-state index in [2.05, 4.69) is 47.6 Å². The van der Waals surface area contributed by atoms with Gasteiger partial charge in [0.25, 0.3) is 5.91 Å². The molecule has 8 heteroatoms. The van der Waals surface area contributed by atoms with E-state index < -0.39 is 5.91 Å². The summed E-state index contributed by atoms with van der Waals surface area (Å²) < 4.78 is 8.15. The average Bonchev–Trinajstić information content (AvgIpc) is 3.38. The summed E-state index contributed by atoms with van der Waals surface area (Å²) in [4.78, 5) is 17.0. The monoisotopic (exact) mass is 485 g/mol. The van der Waals surface area contributed by atoms with Crippen molar-refractivity contribution in [1.82, 2.24) is 9.58 Å². The van der Waals surface area contributed by atoms with Crippen molar-refractivity contribution in [2.75, 3.05) is 6.61 Å². The second-order valence-corrected chi connectivity index (χ2v) is 9.77. The standard InChI is InChI=1S/C27H27N5O2S/c1-4-7-24-30-32-25(28)22(26(33)29-27(32)35-24)15-19-16-31(23-9-6-5-8-21(19)23)10-11-34-20-13-17(2)12-18(3)14-20/h5-6,8-9,12-16,28H,4,7,10-11H2,1-3H3/b22-15+,28-25?. The molecule has 1 N–H and O–H groups in total. The van der Waals surface area contributed by atoms with Crippen LogP contribution in [0.25, 0.3) is 17.0 Å². The van der Waals surface area contributed by atoms with Crippen LogP contribution in [0.15, 0.2) is 64.3 Å². The van der Waals surface area contributed by atoms with E-state index in [4.69, 9.17) is 10.1 Å². The highest BCUT2D eigenvalue weighted by Gasteiger charge is 2.35. The molecule has 2 aliphatic heterocycles. The first-order valence-corrected chi connectivity index (χ1v) is 12.5. The fraction of sp³-hybridized carbons (Fsp3) is 0.259. The van der Waals surface area contributed by atoms with E-state index in [9.17, 15) is 4.79 Å². The Bertz CT molecular complexity index is 1410. The van der Waals surface area contributed by atoms with Crippen molar-refractivity contribution < 1.29 is 9.53 Å². The van der Waals surface area contributed by atoms with E-state index in [0.717, 1.165) is 40.1 Å². The van der Waals surface area contributed by atoms with Crippen molar-refractivity contribution in [1.29, 1.82) is 5.41 Å². The van der Waals surface area contributed by atoms with E-state index in [1.807, 2.05) is 36.5 Å². The van der Waals surface area contributed by atoms with Crippen LogP contribution < -0.4 is 4.74 Å². The molecule has 1 amide bonds. The summed E-state index contributed by atoms with van der Waals surface area (Å²) in [5.41, 5.74) is 4.50. The number of thioether (sulfide) groups is 1. The zero-order chi connectivity index (χ0) is 24.5. The number of rotatable bonds is 7. The number of fused-ring (bicyclic) bond motifs is 2. The van der Waals surface area contributed by atoms with Crippen molar-refractivity contribution >= 4 is 50.7 Å². The number of aromatic nitrogens is 1. The van der Waals surface area contributed by atoms with Crippen LogP contribution in [0.2, 0.25) is 0 Å². The van der Waals surface area contributed by atoms with Crippen LogP contribution >= 0.6 is 11.8 Å². The Morgan fingerprint density at radius 1 is 1.14 bits per heavy atom. The molecule has 2 aromatic carbocycles. The molecule has 0 fully saturated rings. The molecule has 3 aromatic rings. The highest BCUT2D eigenvalue weighted by atomic mass is 32.2. The van der Waals surface area contributed by atoms with Gasteiger partial charge >= 0.3 is 0 Å². The molecule has 0 bridgehead atoms. The summed E-state index contributed by atoms with van der Waals surface area (Å²) in [7, 11) is 0. The van der Waals surface area contributed by atoms with Gasteiger partial charge in [-0.1, -0.05) is 31.2 Å². The lowest BCUT2D eigenvalue weighted by Gasteiger charge is -2.20. The zero-order valence-corrected chi connectivity index (χ0v) is 20.9. The number of para-hydroxylation sites is 1. The third kappa shape index (κ3) is 4.66. The highest BCUT2D eigenvalue weighted by Crippen LogP contribution is 2.31. The number of carbonyl (C=O) groups is 1. The number of hydrogen-bond donors (Lipinski definition) is 1. The minimum atomic E-state index is -0.406. The van der Waals surface area contributed by atoms with E-state index >= 15 is 0 Å². The summed E-state index contributed by atoms with van der Waals surface area (Å²) in [6.07, 6.45) is 5.52. The number of nitrogens with zero attached hydrogens (tertiary/aromatic N) is 4. The Hall–Kier alpha value is -3.65. The smallest absolute Gasteiger partial charge is 0.283 e. The first-order valence-electron chi connectivity index (χ1n) is 11.7. The molecular formula is C27H27N5O2S. The van der Waals surface area contributed by atoms with Gasteiger partial charge in [-0.3, -0.25) is 10.2 Å². The fourth-order valence-electron chi connectivity index (χ4n) is 4.36. The number of benzene rings is 2. The Morgan fingerprint density at radius 2 is 1.91 bits per heavy atom. The van der Waals surface area contributed by atoms with Gasteiger partial charge in [0.05, 0.1) is 12.1 Å². The van der Waals surface area contributed by atoms with Crippen molar-refractivity contribution in [3.8, 4) is 5.75 Å². The topological polar surface area (TPSA) is 83.0 Å². The summed E-state index contributed by atoms with van der Waals surface area (Å²) in [6.45, 7) is 7.37. The molecule has 0 unspecified atom stereocenters. The zero-order valence-electron chi connectivity index (χ0n) is 20.0. The van der Waals surface area contributed by atoms with Gasteiger partial charge in [-0.05, 0) is 73.9 Å². The predicted octanol–water partition coefficient (Wildman–Crippen LogP) is 5.76. The van der Waals surface area contributed by atoms with Gasteiger partial charge in [0, 0.05) is 22.7 Å². The van der Waals surface area contributed by atoms with Crippen LogP contribution in [-0.2, 0) is 11.3 Å². The number of nitrogens with one attached hydrogen (secondary N) is 1. The SMILES string of the molecule is CCCC1=NN2C(=N)/C(=C\c3cn(CCOc4cc(C)cc(C)c4)c4ccccc34)C(=O)N=C2S1. The maximum Gasteiger partial charge on any atom is 0.283 e. The van der Waals surface area contributed by atoms with Crippen molar-refractivity contribution in [2.24, 2.45) is 10.1 Å². The molecule has 0 saturated heterocycles. The lowest BCUT2D eigenvalue weighted by atomic mass is 10.1. The van der Waals surface area contributed by atoms with E-state index in [1.54, 1.807) is 6.08 Å². The fourth-order valence-corrected chi connectivity index (χ4v) is 5.34. The molecule has 0 spiro atoms. The van der Waals surface area contributed by atoms with Gasteiger partial charge in [-0.2, -0.15) is 15.1 Å². The average molecular weight is 486 g/mol. The second-order valence-electron chi connectivity index (χ2n) is 8.73. The minimum Gasteiger partial charge on any atom is -0.492 e. The number of ether oxygens (including phenoxy) is 1. The van der Waals surface area contributed by atoms with Crippen molar-refractivity contribution in [3.63, 3.8) is 0 Å². The van der Waals surface area contributed by atoms with Crippen LogP contribution in [0.1, 0.15) is 36.5 Å². The molecule has 0 radical (unpaired) electrons. The lowest BCUT2D eigenvalue weighted by Crippen LogP contribution is -2.35. The van der Waals surface area contributed by atoms with E-state index in [1.165, 1.54) is 27.9 Å².